The molecule has 0 heterocycles. The first kappa shape index (κ1) is 12.2. The second-order valence-corrected chi connectivity index (χ2v) is 6.25. The Kier molecular flexibility index (Phi) is 5.10. The largest absolute Gasteiger partial charge is 0.300 e. The van der Waals surface area contributed by atoms with Crippen LogP contribution >= 0.6 is 23.5 Å². The molecule has 0 saturated heterocycles. The van der Waals surface area contributed by atoms with Crippen molar-refractivity contribution in [3.8, 4) is 0 Å². The van der Waals surface area contributed by atoms with Crippen molar-refractivity contribution in [1.82, 2.24) is 0 Å². The lowest BCUT2D eigenvalue weighted by molar-refractivity contribution is -0.120. The van der Waals surface area contributed by atoms with Gasteiger partial charge in [-0.15, -0.1) is 23.5 Å². The number of allylic oxidation sites excluding steroid dienone is 1. The summed E-state index contributed by atoms with van der Waals surface area (Å²) in [6.07, 6.45) is 5.98. The first-order valence-corrected chi connectivity index (χ1v) is 7.13. The number of hydrogen-bond acceptors (Lipinski definition) is 3. The van der Waals surface area contributed by atoms with Crippen LogP contribution in [0.1, 0.15) is 39.5 Å². The molecule has 0 aromatic rings. The molecule has 0 bridgehead atoms. The van der Waals surface area contributed by atoms with Gasteiger partial charge in [-0.25, -0.2) is 0 Å². The van der Waals surface area contributed by atoms with Crippen LogP contribution in [-0.2, 0) is 4.79 Å². The number of rotatable bonds is 3. The van der Waals surface area contributed by atoms with Gasteiger partial charge in [0.05, 0.1) is 0 Å². The summed E-state index contributed by atoms with van der Waals surface area (Å²) in [5.74, 6) is 0.447. The maximum absolute atomic E-state index is 11.3. The molecule has 0 aromatic heterocycles. The van der Waals surface area contributed by atoms with Crippen molar-refractivity contribution >= 4 is 29.3 Å². The fraction of sp³-hybridized carbons (Fsp3) is 0.727. The van der Waals surface area contributed by atoms with E-state index < -0.39 is 0 Å². The summed E-state index contributed by atoms with van der Waals surface area (Å²) in [5, 5.41) is 0.536. The lowest BCUT2D eigenvalue weighted by atomic mass is 9.99. The van der Waals surface area contributed by atoms with Crippen LogP contribution in [0.3, 0.4) is 0 Å². The van der Waals surface area contributed by atoms with Crippen LogP contribution in [0, 0.1) is 0 Å². The minimum absolute atomic E-state index is 0.447. The van der Waals surface area contributed by atoms with E-state index in [0.717, 1.165) is 19.3 Å². The SMILES string of the molecule is CSC(SC1CCCC(=O)C1)=C(C)C. The van der Waals surface area contributed by atoms with Gasteiger partial charge in [0, 0.05) is 22.3 Å². The van der Waals surface area contributed by atoms with Crippen LogP contribution in [0.25, 0.3) is 0 Å². The molecule has 1 aliphatic rings. The summed E-state index contributed by atoms with van der Waals surface area (Å²) in [4.78, 5) is 11.3. The topological polar surface area (TPSA) is 17.1 Å². The molecule has 0 amide bonds. The molecule has 0 spiro atoms. The number of hydrogen-bond donors (Lipinski definition) is 0. The minimum Gasteiger partial charge on any atom is -0.300 e. The number of thioether (sulfide) groups is 2. The molecule has 0 radical (unpaired) electrons. The van der Waals surface area contributed by atoms with E-state index in [1.54, 1.807) is 11.8 Å². The highest BCUT2D eigenvalue weighted by atomic mass is 32.2. The van der Waals surface area contributed by atoms with E-state index in [0.29, 0.717) is 11.0 Å². The summed E-state index contributed by atoms with van der Waals surface area (Å²) in [6.45, 7) is 4.28. The van der Waals surface area contributed by atoms with E-state index in [1.807, 2.05) is 11.8 Å². The molecule has 80 valence electrons. The summed E-state index contributed by atoms with van der Waals surface area (Å²) in [5.41, 5.74) is 1.38. The Morgan fingerprint density at radius 3 is 2.64 bits per heavy atom. The van der Waals surface area contributed by atoms with Gasteiger partial charge in [-0.1, -0.05) is 5.57 Å². The third kappa shape index (κ3) is 3.70. The van der Waals surface area contributed by atoms with Crippen molar-refractivity contribution in [3.05, 3.63) is 9.81 Å². The van der Waals surface area contributed by atoms with Crippen LogP contribution in [0.5, 0.6) is 0 Å². The van der Waals surface area contributed by atoms with Crippen molar-refractivity contribution in [3.63, 3.8) is 0 Å². The van der Waals surface area contributed by atoms with Crippen LogP contribution in [0.4, 0.5) is 0 Å². The molecule has 1 saturated carbocycles. The van der Waals surface area contributed by atoms with Gasteiger partial charge in [-0.05, 0) is 32.9 Å². The van der Waals surface area contributed by atoms with Gasteiger partial charge in [0.1, 0.15) is 5.78 Å². The van der Waals surface area contributed by atoms with Crippen molar-refractivity contribution in [2.75, 3.05) is 6.26 Å². The quantitative estimate of drug-likeness (QED) is 0.733. The Morgan fingerprint density at radius 2 is 2.14 bits per heavy atom. The van der Waals surface area contributed by atoms with Crippen molar-refractivity contribution in [2.24, 2.45) is 0 Å². The molecule has 1 unspecified atom stereocenters. The van der Waals surface area contributed by atoms with Crippen LogP contribution in [0.2, 0.25) is 0 Å². The zero-order valence-electron chi connectivity index (χ0n) is 9.13. The monoisotopic (exact) mass is 230 g/mol. The summed E-state index contributed by atoms with van der Waals surface area (Å²) < 4.78 is 1.39. The van der Waals surface area contributed by atoms with Crippen LogP contribution in [0.15, 0.2) is 9.81 Å². The van der Waals surface area contributed by atoms with Crippen LogP contribution < -0.4 is 0 Å². The Hall–Kier alpha value is 0.110. The van der Waals surface area contributed by atoms with Crippen LogP contribution in [-0.4, -0.2) is 17.3 Å². The lowest BCUT2D eigenvalue weighted by Gasteiger charge is -2.21. The lowest BCUT2D eigenvalue weighted by Crippen LogP contribution is -2.16. The molecule has 1 aliphatic carbocycles. The average Bonchev–Trinajstić information content (AvgIpc) is 2.14. The van der Waals surface area contributed by atoms with E-state index in [1.165, 1.54) is 16.2 Å². The molecule has 1 fully saturated rings. The highest BCUT2D eigenvalue weighted by Gasteiger charge is 2.21. The van der Waals surface area contributed by atoms with Gasteiger partial charge in [0.25, 0.3) is 0 Å². The van der Waals surface area contributed by atoms with E-state index >= 15 is 0 Å². The number of carbonyl (C=O) groups excluding carboxylic acids is 1. The van der Waals surface area contributed by atoms with E-state index in [2.05, 4.69) is 20.1 Å². The number of Topliss-reactive ketones (excluding diaryl/α,β-unsaturated/α-hetero) is 1. The van der Waals surface area contributed by atoms with Crippen molar-refractivity contribution in [2.45, 2.75) is 44.8 Å². The van der Waals surface area contributed by atoms with E-state index in [9.17, 15) is 4.79 Å². The van der Waals surface area contributed by atoms with Crippen molar-refractivity contribution in [1.29, 1.82) is 0 Å². The number of ketones is 1. The van der Waals surface area contributed by atoms with Gasteiger partial charge in [-0.3, -0.25) is 4.79 Å². The molecule has 1 atom stereocenters. The smallest absolute Gasteiger partial charge is 0.134 e. The third-order valence-electron chi connectivity index (χ3n) is 2.30. The molecule has 1 rings (SSSR count). The Bertz CT molecular complexity index is 242. The van der Waals surface area contributed by atoms with Gasteiger partial charge < -0.3 is 0 Å². The second-order valence-electron chi connectivity index (χ2n) is 3.87. The Balaban J connectivity index is 2.50. The summed E-state index contributed by atoms with van der Waals surface area (Å²) >= 11 is 3.70. The minimum atomic E-state index is 0.447. The van der Waals surface area contributed by atoms with Gasteiger partial charge >= 0.3 is 0 Å². The standard InChI is InChI=1S/C11H18OS2/c1-8(2)11(13-3)14-10-6-4-5-9(12)7-10/h10H,4-7H2,1-3H3. The first-order chi connectivity index (χ1) is 6.63. The van der Waals surface area contributed by atoms with Gasteiger partial charge in [-0.2, -0.15) is 0 Å². The normalized spacial score (nSPS) is 22.2. The Labute approximate surface area is 95.1 Å². The number of carbonyl (C=O) groups is 1. The molecule has 0 aliphatic heterocycles. The molecule has 0 N–H and O–H groups in total. The summed E-state index contributed by atoms with van der Waals surface area (Å²) in [6, 6.07) is 0. The highest BCUT2D eigenvalue weighted by molar-refractivity contribution is 8.22. The van der Waals surface area contributed by atoms with E-state index in [-0.39, 0.29) is 0 Å². The predicted octanol–water partition coefficient (Wildman–Crippen LogP) is 3.85. The predicted molar refractivity (Wildman–Crippen MR) is 66.7 cm³/mol. The van der Waals surface area contributed by atoms with E-state index in [4.69, 9.17) is 0 Å². The maximum Gasteiger partial charge on any atom is 0.134 e. The summed E-state index contributed by atoms with van der Waals surface area (Å²) in [7, 11) is 0. The second kappa shape index (κ2) is 5.86. The zero-order valence-corrected chi connectivity index (χ0v) is 10.8. The molecular weight excluding hydrogens is 212 g/mol. The molecule has 0 aromatic carbocycles. The zero-order chi connectivity index (χ0) is 10.6. The maximum atomic E-state index is 11.3. The molecule has 3 heteroatoms. The molecular formula is C11H18OS2. The molecule has 1 nitrogen and oxygen atoms in total. The first-order valence-electron chi connectivity index (χ1n) is 5.03. The van der Waals surface area contributed by atoms with Gasteiger partial charge in [0.2, 0.25) is 0 Å². The fourth-order valence-corrected chi connectivity index (χ4v) is 3.90. The fourth-order valence-electron chi connectivity index (χ4n) is 1.61. The van der Waals surface area contributed by atoms with Gasteiger partial charge in [0.15, 0.2) is 0 Å². The van der Waals surface area contributed by atoms with Crippen molar-refractivity contribution < 1.29 is 4.79 Å². The Morgan fingerprint density at radius 1 is 1.43 bits per heavy atom. The average molecular weight is 230 g/mol. The highest BCUT2D eigenvalue weighted by Crippen LogP contribution is 2.38. The molecule has 14 heavy (non-hydrogen) atoms. The third-order valence-corrected chi connectivity index (χ3v) is 5.23.